The third-order valence-corrected chi connectivity index (χ3v) is 11.0. The van der Waals surface area contributed by atoms with E-state index < -0.39 is 64.5 Å². The van der Waals surface area contributed by atoms with Gasteiger partial charge >= 0.3 is 19.8 Å². The Morgan fingerprint density at radius 3 is 1.61 bits per heavy atom. The van der Waals surface area contributed by atoms with Crippen LogP contribution in [0.1, 0.15) is 175 Å². The van der Waals surface area contributed by atoms with Crippen molar-refractivity contribution in [3.05, 3.63) is 72.9 Å². The largest absolute Gasteiger partial charge is 0.472 e. The van der Waals surface area contributed by atoms with E-state index in [4.69, 9.17) is 19.1 Å². The molecule has 0 heterocycles. The van der Waals surface area contributed by atoms with E-state index in [1.807, 2.05) is 12.2 Å². The first-order valence-corrected chi connectivity index (χ1v) is 24.9. The third kappa shape index (κ3) is 42.4. The van der Waals surface area contributed by atoms with Crippen LogP contribution in [0.15, 0.2) is 72.9 Å². The van der Waals surface area contributed by atoms with Crippen LogP contribution in [0.5, 0.6) is 0 Å². The first kappa shape index (κ1) is 58.4. The lowest BCUT2D eigenvalue weighted by molar-refractivity contribution is -0.161. The molecular weight excluding hydrogens is 796 g/mol. The Labute approximate surface area is 370 Å². The molecule has 12 heteroatoms. The number of allylic oxidation sites excluding steroid dienone is 11. The monoisotopic (exact) mass is 881 g/mol. The van der Waals surface area contributed by atoms with Gasteiger partial charge in [-0.1, -0.05) is 190 Å². The minimum atomic E-state index is -4.68. The molecule has 0 aromatic heterocycles. The standard InChI is InChI=1S/C49H85O11P/c1-4-6-7-8-9-10-11-12-13-14-18-21-24-27-30-33-36-45(51)38-39-48(53)57-42-47(43-59-61(55,56)58-41-46(52)40-50)60-49(54)37-34-31-28-25-22-19-16-15-17-20-23-26-29-32-35-44(3)5-2/h6-7,9-10,12-13,18,21,27,30,33,36,44-47,50-52H,4-5,8,11,14-17,19-20,22-26,28-29,31-32,34-35,37-43H2,1-3H3,(H,55,56)/b7-6-,10-9-,13-12-,21-18-,30-27-,36-33-/t44?,45?,46-,47+/m0/s1. The summed E-state index contributed by atoms with van der Waals surface area (Å²) >= 11 is 0. The van der Waals surface area contributed by atoms with E-state index in [1.54, 1.807) is 12.2 Å². The van der Waals surface area contributed by atoms with Crippen LogP contribution < -0.4 is 0 Å². The number of carbonyl (C=O) groups excluding carboxylic acids is 2. The lowest BCUT2D eigenvalue weighted by atomic mass is 9.99. The molecule has 352 valence electrons. The Morgan fingerprint density at radius 2 is 1.08 bits per heavy atom. The fourth-order valence-corrected chi connectivity index (χ4v) is 6.81. The summed E-state index contributed by atoms with van der Waals surface area (Å²) in [6.45, 7) is 4.36. The molecule has 4 N–H and O–H groups in total. The van der Waals surface area contributed by atoms with E-state index in [0.29, 0.717) is 6.42 Å². The second kappa shape index (κ2) is 42.7. The van der Waals surface area contributed by atoms with Crippen molar-refractivity contribution in [2.45, 2.75) is 193 Å². The predicted octanol–water partition coefficient (Wildman–Crippen LogP) is 11.7. The molecule has 0 saturated heterocycles. The van der Waals surface area contributed by atoms with Crippen molar-refractivity contribution in [3.8, 4) is 0 Å². The highest BCUT2D eigenvalue weighted by molar-refractivity contribution is 7.47. The predicted molar refractivity (Wildman–Crippen MR) is 248 cm³/mol. The molecular formula is C49H85O11P. The average molecular weight is 881 g/mol. The maximum absolute atomic E-state index is 12.7. The number of phosphoric ester groups is 1. The molecule has 0 aromatic carbocycles. The van der Waals surface area contributed by atoms with E-state index in [2.05, 4.69) is 73.9 Å². The van der Waals surface area contributed by atoms with E-state index in [0.717, 1.165) is 57.3 Å². The summed E-state index contributed by atoms with van der Waals surface area (Å²) in [5.74, 6) is -0.346. The van der Waals surface area contributed by atoms with Gasteiger partial charge in [0.25, 0.3) is 0 Å². The summed E-state index contributed by atoms with van der Waals surface area (Å²) in [5, 5.41) is 28.6. The highest BCUT2D eigenvalue weighted by Gasteiger charge is 2.27. The molecule has 5 atom stereocenters. The molecule has 0 fully saturated rings. The van der Waals surface area contributed by atoms with Crippen molar-refractivity contribution in [3.63, 3.8) is 0 Å². The summed E-state index contributed by atoms with van der Waals surface area (Å²) in [5.41, 5.74) is 0. The Bertz CT molecular complexity index is 1270. The highest BCUT2D eigenvalue weighted by atomic mass is 31.2. The number of hydrogen-bond acceptors (Lipinski definition) is 10. The summed E-state index contributed by atoms with van der Waals surface area (Å²) < 4.78 is 32.6. The van der Waals surface area contributed by atoms with E-state index in [1.165, 1.54) is 77.0 Å². The van der Waals surface area contributed by atoms with Gasteiger partial charge in [-0.15, -0.1) is 0 Å². The second-order valence-corrected chi connectivity index (χ2v) is 17.3. The highest BCUT2D eigenvalue weighted by Crippen LogP contribution is 2.43. The Morgan fingerprint density at radius 1 is 0.590 bits per heavy atom. The molecule has 0 aliphatic rings. The topological polar surface area (TPSA) is 169 Å². The molecule has 11 nitrogen and oxygen atoms in total. The van der Waals surface area contributed by atoms with Crippen molar-refractivity contribution in [2.75, 3.05) is 26.4 Å². The molecule has 0 rings (SSSR count). The van der Waals surface area contributed by atoms with Crippen LogP contribution in [0.4, 0.5) is 0 Å². The Kier molecular flexibility index (Phi) is 40.8. The summed E-state index contributed by atoms with van der Waals surface area (Å²) in [6, 6.07) is 0. The minimum Gasteiger partial charge on any atom is -0.462 e. The van der Waals surface area contributed by atoms with E-state index in [9.17, 15) is 29.3 Å². The maximum Gasteiger partial charge on any atom is 0.472 e. The number of rotatable bonds is 42. The first-order chi connectivity index (χ1) is 29.5. The summed E-state index contributed by atoms with van der Waals surface area (Å²) in [6.07, 6.45) is 44.8. The maximum atomic E-state index is 12.7. The van der Waals surface area contributed by atoms with Crippen molar-refractivity contribution >= 4 is 19.8 Å². The van der Waals surface area contributed by atoms with Gasteiger partial charge in [0.15, 0.2) is 6.10 Å². The third-order valence-electron chi connectivity index (χ3n) is 10.0. The zero-order valence-electron chi connectivity index (χ0n) is 38.1. The molecule has 0 aromatic rings. The van der Waals surface area contributed by atoms with E-state index >= 15 is 0 Å². The second-order valence-electron chi connectivity index (χ2n) is 15.8. The number of aliphatic hydroxyl groups is 3. The van der Waals surface area contributed by atoms with Gasteiger partial charge < -0.3 is 29.7 Å². The van der Waals surface area contributed by atoms with Crippen LogP contribution in [0.25, 0.3) is 0 Å². The number of esters is 2. The number of carbonyl (C=O) groups is 2. The molecule has 0 aliphatic carbocycles. The van der Waals surface area contributed by atoms with Gasteiger partial charge in [0.1, 0.15) is 12.7 Å². The fraction of sp³-hybridized carbons (Fsp3) is 0.714. The molecule has 61 heavy (non-hydrogen) atoms. The number of unbranched alkanes of at least 4 members (excludes halogenated alkanes) is 13. The Balaban J connectivity index is 4.47. The average Bonchev–Trinajstić information content (AvgIpc) is 3.25. The van der Waals surface area contributed by atoms with Crippen LogP contribution in [0.2, 0.25) is 0 Å². The molecule has 0 aliphatic heterocycles. The van der Waals surface area contributed by atoms with Gasteiger partial charge in [0, 0.05) is 12.8 Å². The Hall–Kier alpha value is -2.63. The lowest BCUT2D eigenvalue weighted by Crippen LogP contribution is -2.30. The number of ether oxygens (including phenoxy) is 2. The van der Waals surface area contributed by atoms with Gasteiger partial charge in [-0.3, -0.25) is 18.6 Å². The zero-order chi connectivity index (χ0) is 45.1. The van der Waals surface area contributed by atoms with Gasteiger partial charge in [0.05, 0.1) is 25.9 Å². The summed E-state index contributed by atoms with van der Waals surface area (Å²) in [4.78, 5) is 35.1. The quantitative estimate of drug-likeness (QED) is 0.0151. The minimum absolute atomic E-state index is 0.104. The van der Waals surface area contributed by atoms with Crippen molar-refractivity contribution in [1.82, 2.24) is 0 Å². The van der Waals surface area contributed by atoms with E-state index in [-0.39, 0.29) is 19.3 Å². The van der Waals surface area contributed by atoms with Gasteiger partial charge in [0.2, 0.25) is 0 Å². The molecule has 3 unspecified atom stereocenters. The van der Waals surface area contributed by atoms with Gasteiger partial charge in [-0.2, -0.15) is 0 Å². The first-order valence-electron chi connectivity index (χ1n) is 23.4. The molecule has 0 amide bonds. The zero-order valence-corrected chi connectivity index (χ0v) is 39.0. The van der Waals surface area contributed by atoms with Crippen LogP contribution in [-0.2, 0) is 32.7 Å². The molecule has 0 spiro atoms. The summed E-state index contributed by atoms with van der Waals surface area (Å²) in [7, 11) is -4.68. The SMILES string of the molecule is CC/C=C\C/C=C\C/C=C\C/C=C\C/C=C\C=C/C(O)CCC(=O)OC[C@H](COP(=O)(O)OC[C@@H](O)CO)OC(=O)CCCCCCCCCCCCCCCCC(C)CC. The number of phosphoric acid groups is 1. The van der Waals surface area contributed by atoms with Crippen LogP contribution >= 0.6 is 7.82 Å². The van der Waals surface area contributed by atoms with Crippen molar-refractivity contribution in [1.29, 1.82) is 0 Å². The molecule has 0 radical (unpaired) electrons. The normalized spacial score (nSPS) is 15.5. The van der Waals surface area contributed by atoms with Crippen molar-refractivity contribution in [2.24, 2.45) is 5.92 Å². The number of aliphatic hydroxyl groups excluding tert-OH is 3. The van der Waals surface area contributed by atoms with Crippen LogP contribution in [0, 0.1) is 5.92 Å². The van der Waals surface area contributed by atoms with Gasteiger partial charge in [-0.05, 0) is 50.9 Å². The molecule has 0 bridgehead atoms. The van der Waals surface area contributed by atoms with Gasteiger partial charge in [-0.25, -0.2) is 4.57 Å². The van der Waals surface area contributed by atoms with Crippen LogP contribution in [-0.4, -0.2) is 76.9 Å². The lowest BCUT2D eigenvalue weighted by Gasteiger charge is -2.20. The smallest absolute Gasteiger partial charge is 0.462 e. The molecule has 0 saturated carbocycles. The fourth-order valence-electron chi connectivity index (χ4n) is 6.02. The van der Waals surface area contributed by atoms with Crippen LogP contribution in [0.3, 0.4) is 0 Å². The number of hydrogen-bond donors (Lipinski definition) is 4. The van der Waals surface area contributed by atoms with Crippen molar-refractivity contribution < 1.29 is 52.9 Å².